The number of nitrogens with zero attached hydrogens (tertiary/aromatic N) is 4. The van der Waals surface area contributed by atoms with Crippen molar-refractivity contribution in [1.82, 2.24) is 19.5 Å². The van der Waals surface area contributed by atoms with E-state index < -0.39 is 0 Å². The van der Waals surface area contributed by atoms with E-state index in [1.807, 2.05) is 13.1 Å². The van der Waals surface area contributed by atoms with Crippen LogP contribution in [0.1, 0.15) is 24.9 Å². The van der Waals surface area contributed by atoms with Gasteiger partial charge in [0, 0.05) is 26.0 Å². The van der Waals surface area contributed by atoms with Gasteiger partial charge in [0.1, 0.15) is 11.6 Å². The molecule has 5 nitrogen and oxygen atoms in total. The molecule has 21 heavy (non-hydrogen) atoms. The highest BCUT2D eigenvalue weighted by Gasteiger charge is 2.13. The summed E-state index contributed by atoms with van der Waals surface area (Å²) in [5.74, 6) is 1.85. The average Bonchev–Trinajstić information content (AvgIpc) is 2.86. The second-order valence-corrected chi connectivity index (χ2v) is 4.95. The third-order valence-corrected chi connectivity index (χ3v) is 3.52. The quantitative estimate of drug-likeness (QED) is 0.781. The standard InChI is InChI=1S/C16H19N5/c1-3-10-21-14-7-5-4-6-12(14)20-15(21)11-13-16(17-2)19-9-8-18-13/h4-9H,3,10-11H2,1-2H3,(H,17,19). The van der Waals surface area contributed by atoms with Crippen molar-refractivity contribution in [2.75, 3.05) is 12.4 Å². The van der Waals surface area contributed by atoms with E-state index in [0.717, 1.165) is 35.8 Å². The smallest absolute Gasteiger partial charge is 0.147 e. The van der Waals surface area contributed by atoms with Crippen LogP contribution in [-0.4, -0.2) is 26.6 Å². The van der Waals surface area contributed by atoms with Gasteiger partial charge in [0.15, 0.2) is 0 Å². The Kier molecular flexibility index (Phi) is 3.81. The fourth-order valence-electron chi connectivity index (χ4n) is 2.59. The lowest BCUT2D eigenvalue weighted by Crippen LogP contribution is -2.08. The number of benzene rings is 1. The highest BCUT2D eigenvalue weighted by Crippen LogP contribution is 2.20. The number of hydrogen-bond donors (Lipinski definition) is 1. The molecule has 0 saturated carbocycles. The number of rotatable bonds is 5. The van der Waals surface area contributed by atoms with Crippen molar-refractivity contribution in [2.45, 2.75) is 26.3 Å². The molecule has 0 aliphatic rings. The first-order valence-corrected chi connectivity index (χ1v) is 7.25. The molecule has 0 atom stereocenters. The van der Waals surface area contributed by atoms with Crippen molar-refractivity contribution >= 4 is 16.9 Å². The second kappa shape index (κ2) is 5.91. The molecule has 2 heterocycles. The van der Waals surface area contributed by atoms with E-state index in [0.29, 0.717) is 6.42 Å². The molecule has 0 unspecified atom stereocenters. The van der Waals surface area contributed by atoms with Crippen LogP contribution in [0.2, 0.25) is 0 Å². The van der Waals surface area contributed by atoms with Gasteiger partial charge >= 0.3 is 0 Å². The first-order valence-electron chi connectivity index (χ1n) is 7.25. The van der Waals surface area contributed by atoms with Crippen LogP contribution >= 0.6 is 0 Å². The van der Waals surface area contributed by atoms with E-state index in [9.17, 15) is 0 Å². The molecule has 0 spiro atoms. The number of aromatic nitrogens is 4. The summed E-state index contributed by atoms with van der Waals surface area (Å²) in [6.45, 7) is 3.14. The predicted octanol–water partition coefficient (Wildman–Crippen LogP) is 2.87. The third kappa shape index (κ3) is 2.59. The first kappa shape index (κ1) is 13.5. The van der Waals surface area contributed by atoms with E-state index >= 15 is 0 Å². The van der Waals surface area contributed by atoms with Gasteiger partial charge in [0.05, 0.1) is 23.1 Å². The van der Waals surface area contributed by atoms with Gasteiger partial charge in [-0.15, -0.1) is 0 Å². The Labute approximate surface area is 124 Å². The molecular formula is C16H19N5. The van der Waals surface area contributed by atoms with E-state index in [-0.39, 0.29) is 0 Å². The molecule has 2 aromatic heterocycles. The van der Waals surface area contributed by atoms with Crippen LogP contribution < -0.4 is 5.32 Å². The molecule has 5 heteroatoms. The first-order chi connectivity index (χ1) is 10.3. The Bertz CT molecular complexity index is 747. The lowest BCUT2D eigenvalue weighted by Gasteiger charge is -2.09. The van der Waals surface area contributed by atoms with Gasteiger partial charge in [-0.1, -0.05) is 19.1 Å². The van der Waals surface area contributed by atoms with Crippen molar-refractivity contribution < 1.29 is 0 Å². The summed E-state index contributed by atoms with van der Waals surface area (Å²) in [4.78, 5) is 13.5. The van der Waals surface area contributed by atoms with Crippen LogP contribution in [0.5, 0.6) is 0 Å². The van der Waals surface area contributed by atoms with Gasteiger partial charge in [0.25, 0.3) is 0 Å². The molecule has 0 saturated heterocycles. The van der Waals surface area contributed by atoms with Gasteiger partial charge in [0.2, 0.25) is 0 Å². The number of fused-ring (bicyclic) bond motifs is 1. The minimum Gasteiger partial charge on any atom is -0.372 e. The van der Waals surface area contributed by atoms with Crippen LogP contribution in [0.4, 0.5) is 5.82 Å². The Hall–Kier alpha value is -2.43. The van der Waals surface area contributed by atoms with Crippen LogP contribution in [0.25, 0.3) is 11.0 Å². The molecule has 0 bridgehead atoms. The highest BCUT2D eigenvalue weighted by molar-refractivity contribution is 5.76. The Morgan fingerprint density at radius 2 is 1.95 bits per heavy atom. The number of nitrogens with one attached hydrogen (secondary N) is 1. The van der Waals surface area contributed by atoms with Gasteiger partial charge < -0.3 is 9.88 Å². The zero-order chi connectivity index (χ0) is 14.7. The average molecular weight is 281 g/mol. The second-order valence-electron chi connectivity index (χ2n) is 4.95. The van der Waals surface area contributed by atoms with Gasteiger partial charge in [-0.25, -0.2) is 9.97 Å². The Balaban J connectivity index is 2.05. The molecule has 108 valence electrons. The van der Waals surface area contributed by atoms with Crippen molar-refractivity contribution in [3.05, 3.63) is 48.2 Å². The molecule has 3 aromatic rings. The van der Waals surface area contributed by atoms with Crippen LogP contribution in [0.15, 0.2) is 36.7 Å². The van der Waals surface area contributed by atoms with E-state index in [1.165, 1.54) is 5.52 Å². The number of aryl methyl sites for hydroxylation is 1. The van der Waals surface area contributed by atoms with Crippen molar-refractivity contribution in [2.24, 2.45) is 0 Å². The molecule has 3 rings (SSSR count). The number of imidazole rings is 1. The zero-order valence-electron chi connectivity index (χ0n) is 12.4. The van der Waals surface area contributed by atoms with E-state index in [4.69, 9.17) is 4.98 Å². The normalized spacial score (nSPS) is 11.0. The maximum absolute atomic E-state index is 4.77. The molecule has 0 aliphatic carbocycles. The largest absolute Gasteiger partial charge is 0.372 e. The maximum Gasteiger partial charge on any atom is 0.147 e. The minimum atomic E-state index is 0.679. The number of anilines is 1. The van der Waals surface area contributed by atoms with Gasteiger partial charge in [-0.05, 0) is 18.6 Å². The highest BCUT2D eigenvalue weighted by atomic mass is 15.1. The lowest BCUT2D eigenvalue weighted by atomic mass is 10.2. The molecule has 0 aliphatic heterocycles. The SMILES string of the molecule is CCCn1c(Cc2nccnc2NC)nc2ccccc21. The summed E-state index contributed by atoms with van der Waals surface area (Å²) >= 11 is 0. The van der Waals surface area contributed by atoms with Gasteiger partial charge in [-0.3, -0.25) is 4.98 Å². The summed E-state index contributed by atoms with van der Waals surface area (Å²) in [6, 6.07) is 8.26. The predicted molar refractivity (Wildman–Crippen MR) is 84.4 cm³/mol. The zero-order valence-corrected chi connectivity index (χ0v) is 12.4. The molecular weight excluding hydrogens is 262 g/mol. The maximum atomic E-state index is 4.77. The van der Waals surface area contributed by atoms with Crippen LogP contribution in [0, 0.1) is 0 Å². The minimum absolute atomic E-state index is 0.679. The summed E-state index contributed by atoms with van der Waals surface area (Å²) in [7, 11) is 1.86. The monoisotopic (exact) mass is 281 g/mol. The van der Waals surface area contributed by atoms with Crippen LogP contribution in [0.3, 0.4) is 0 Å². The summed E-state index contributed by atoms with van der Waals surface area (Å²) in [6.07, 6.45) is 5.18. The van der Waals surface area contributed by atoms with Crippen LogP contribution in [-0.2, 0) is 13.0 Å². The van der Waals surface area contributed by atoms with Crippen molar-refractivity contribution in [3.8, 4) is 0 Å². The molecule has 0 radical (unpaired) electrons. The summed E-state index contributed by atoms with van der Waals surface area (Å²) in [5, 5.41) is 3.09. The fourth-order valence-corrected chi connectivity index (χ4v) is 2.59. The Morgan fingerprint density at radius 3 is 2.76 bits per heavy atom. The topological polar surface area (TPSA) is 55.6 Å². The fraction of sp³-hybridized carbons (Fsp3) is 0.312. The molecule has 0 amide bonds. The lowest BCUT2D eigenvalue weighted by molar-refractivity contribution is 0.662. The summed E-state index contributed by atoms with van der Waals surface area (Å²) < 4.78 is 2.28. The summed E-state index contributed by atoms with van der Waals surface area (Å²) in [5.41, 5.74) is 3.15. The Morgan fingerprint density at radius 1 is 1.14 bits per heavy atom. The molecule has 0 fully saturated rings. The number of para-hydroxylation sites is 2. The third-order valence-electron chi connectivity index (χ3n) is 3.52. The van der Waals surface area contributed by atoms with E-state index in [2.05, 4.69) is 45.0 Å². The molecule has 1 N–H and O–H groups in total. The van der Waals surface area contributed by atoms with Gasteiger partial charge in [-0.2, -0.15) is 0 Å². The van der Waals surface area contributed by atoms with Crippen molar-refractivity contribution in [3.63, 3.8) is 0 Å². The number of hydrogen-bond acceptors (Lipinski definition) is 4. The van der Waals surface area contributed by atoms with Crippen molar-refractivity contribution in [1.29, 1.82) is 0 Å². The molecule has 1 aromatic carbocycles. The van der Waals surface area contributed by atoms with E-state index in [1.54, 1.807) is 12.4 Å².